The van der Waals surface area contributed by atoms with E-state index in [9.17, 15) is 9.59 Å². The zero-order valence-electron chi connectivity index (χ0n) is 9.64. The van der Waals surface area contributed by atoms with E-state index in [1.54, 1.807) is 32.2 Å². The highest BCUT2D eigenvalue weighted by Crippen LogP contribution is 2.08. The van der Waals surface area contributed by atoms with Crippen LogP contribution >= 0.6 is 0 Å². The Labute approximate surface area is 97.7 Å². The molecule has 0 N–H and O–H groups in total. The predicted octanol–water partition coefficient (Wildman–Crippen LogP) is 1.18. The largest absolute Gasteiger partial charge is 0.462 e. The number of aryl methyl sites for hydroxylation is 1. The number of esters is 1. The fourth-order valence-electron chi connectivity index (χ4n) is 1.57. The van der Waals surface area contributed by atoms with Crippen molar-refractivity contribution in [2.75, 3.05) is 6.61 Å². The lowest BCUT2D eigenvalue weighted by atomic mass is 10.2. The van der Waals surface area contributed by atoms with E-state index < -0.39 is 5.97 Å². The average molecular weight is 232 g/mol. The van der Waals surface area contributed by atoms with Crippen LogP contribution in [0.5, 0.6) is 0 Å². The molecule has 0 unspecified atom stereocenters. The van der Waals surface area contributed by atoms with Gasteiger partial charge in [0.05, 0.1) is 6.61 Å². The molecule has 0 amide bonds. The monoisotopic (exact) mass is 232 g/mol. The minimum Gasteiger partial charge on any atom is -0.462 e. The van der Waals surface area contributed by atoms with Crippen LogP contribution in [0.15, 0.2) is 29.3 Å². The maximum Gasteiger partial charge on any atom is 0.341 e. The van der Waals surface area contributed by atoms with Crippen LogP contribution in [0.2, 0.25) is 0 Å². The van der Waals surface area contributed by atoms with Gasteiger partial charge in [0.15, 0.2) is 5.65 Å². The second-order valence-corrected chi connectivity index (χ2v) is 3.58. The number of nitrogens with zero attached hydrogens (tertiary/aromatic N) is 2. The van der Waals surface area contributed by atoms with Gasteiger partial charge in [-0.25, -0.2) is 9.78 Å². The van der Waals surface area contributed by atoms with Crippen LogP contribution in [0.3, 0.4) is 0 Å². The summed E-state index contributed by atoms with van der Waals surface area (Å²) in [7, 11) is 0. The molecule has 2 rings (SSSR count). The molecule has 2 heterocycles. The molecule has 0 aliphatic rings. The third-order valence-corrected chi connectivity index (χ3v) is 2.40. The van der Waals surface area contributed by atoms with Crippen LogP contribution in [-0.4, -0.2) is 22.0 Å². The summed E-state index contributed by atoms with van der Waals surface area (Å²) >= 11 is 0. The molecular weight excluding hydrogens is 220 g/mol. The van der Waals surface area contributed by atoms with E-state index in [4.69, 9.17) is 4.74 Å². The Morgan fingerprint density at radius 1 is 1.53 bits per heavy atom. The second kappa shape index (κ2) is 4.37. The summed E-state index contributed by atoms with van der Waals surface area (Å²) < 4.78 is 6.26. The highest BCUT2D eigenvalue weighted by Gasteiger charge is 2.13. The molecule has 2 aromatic heterocycles. The van der Waals surface area contributed by atoms with Crippen molar-refractivity contribution in [3.8, 4) is 0 Å². The SMILES string of the molecule is CCOC(=O)c1cccn2c(=O)c(C)cnc12. The zero-order chi connectivity index (χ0) is 12.4. The Morgan fingerprint density at radius 3 is 3.00 bits per heavy atom. The molecule has 5 heteroatoms. The molecule has 0 aliphatic carbocycles. The lowest BCUT2D eigenvalue weighted by Crippen LogP contribution is -2.19. The maximum atomic E-state index is 11.8. The summed E-state index contributed by atoms with van der Waals surface area (Å²) in [4.78, 5) is 27.6. The Balaban J connectivity index is 2.71. The molecule has 2 aromatic rings. The number of fused-ring (bicyclic) bond motifs is 1. The van der Waals surface area contributed by atoms with Gasteiger partial charge in [-0.05, 0) is 26.0 Å². The van der Waals surface area contributed by atoms with E-state index in [1.807, 2.05) is 0 Å². The number of carbonyl (C=O) groups is 1. The molecule has 17 heavy (non-hydrogen) atoms. The smallest absolute Gasteiger partial charge is 0.341 e. The summed E-state index contributed by atoms with van der Waals surface area (Å²) in [6, 6.07) is 3.22. The number of rotatable bonds is 2. The van der Waals surface area contributed by atoms with Crippen molar-refractivity contribution in [2.45, 2.75) is 13.8 Å². The predicted molar refractivity (Wildman–Crippen MR) is 62.2 cm³/mol. The van der Waals surface area contributed by atoms with Crippen LogP contribution < -0.4 is 5.56 Å². The molecule has 0 fully saturated rings. The number of aromatic nitrogens is 2. The molecule has 0 saturated carbocycles. The molecule has 0 atom stereocenters. The molecule has 0 bridgehead atoms. The number of ether oxygens (including phenoxy) is 1. The fourth-order valence-corrected chi connectivity index (χ4v) is 1.57. The summed E-state index contributed by atoms with van der Waals surface area (Å²) in [5.41, 5.74) is 0.970. The number of hydrogen-bond acceptors (Lipinski definition) is 4. The molecular formula is C12H12N2O3. The first kappa shape index (κ1) is 11.3. The van der Waals surface area contributed by atoms with Crippen molar-refractivity contribution < 1.29 is 9.53 Å². The lowest BCUT2D eigenvalue weighted by Gasteiger charge is -2.06. The molecule has 0 saturated heterocycles. The third-order valence-electron chi connectivity index (χ3n) is 2.40. The number of hydrogen-bond donors (Lipinski definition) is 0. The third kappa shape index (κ3) is 1.91. The van der Waals surface area contributed by atoms with E-state index in [2.05, 4.69) is 4.98 Å². The summed E-state index contributed by atoms with van der Waals surface area (Å²) in [5.74, 6) is -0.471. The van der Waals surface area contributed by atoms with Gasteiger partial charge in [-0.15, -0.1) is 0 Å². The average Bonchev–Trinajstić information content (AvgIpc) is 2.33. The standard InChI is InChI=1S/C12H12N2O3/c1-3-17-12(16)9-5-4-6-14-10(9)13-7-8(2)11(14)15/h4-7H,3H2,1-2H3. The first-order valence-corrected chi connectivity index (χ1v) is 5.29. The van der Waals surface area contributed by atoms with E-state index in [0.717, 1.165) is 0 Å². The molecule has 0 aromatic carbocycles. The normalized spacial score (nSPS) is 10.5. The van der Waals surface area contributed by atoms with Crippen molar-refractivity contribution >= 4 is 11.6 Å². The van der Waals surface area contributed by atoms with Crippen molar-refractivity contribution in [1.29, 1.82) is 0 Å². The van der Waals surface area contributed by atoms with Gasteiger partial charge in [0.1, 0.15) is 5.56 Å². The van der Waals surface area contributed by atoms with Gasteiger partial charge >= 0.3 is 5.97 Å². The Morgan fingerprint density at radius 2 is 2.29 bits per heavy atom. The minimum absolute atomic E-state index is 0.179. The highest BCUT2D eigenvalue weighted by atomic mass is 16.5. The first-order valence-electron chi connectivity index (χ1n) is 5.29. The molecule has 0 radical (unpaired) electrons. The van der Waals surface area contributed by atoms with Gasteiger partial charge in [-0.3, -0.25) is 9.20 Å². The zero-order valence-corrected chi connectivity index (χ0v) is 9.64. The Kier molecular flexibility index (Phi) is 2.91. The molecule has 88 valence electrons. The number of pyridine rings is 1. The van der Waals surface area contributed by atoms with Crippen molar-refractivity contribution in [2.24, 2.45) is 0 Å². The van der Waals surface area contributed by atoms with E-state index >= 15 is 0 Å². The van der Waals surface area contributed by atoms with E-state index in [0.29, 0.717) is 16.8 Å². The summed E-state index contributed by atoms with van der Waals surface area (Å²) in [6.45, 7) is 3.70. The van der Waals surface area contributed by atoms with Gasteiger partial charge in [0, 0.05) is 18.0 Å². The van der Waals surface area contributed by atoms with E-state index in [-0.39, 0.29) is 12.2 Å². The van der Waals surface area contributed by atoms with Crippen molar-refractivity contribution in [1.82, 2.24) is 9.38 Å². The molecule has 5 nitrogen and oxygen atoms in total. The van der Waals surface area contributed by atoms with Crippen LogP contribution in [-0.2, 0) is 4.74 Å². The molecule has 0 aliphatic heterocycles. The number of carbonyl (C=O) groups excluding carboxylic acids is 1. The van der Waals surface area contributed by atoms with Crippen LogP contribution in [0, 0.1) is 6.92 Å². The quantitative estimate of drug-likeness (QED) is 0.729. The minimum atomic E-state index is -0.471. The van der Waals surface area contributed by atoms with Gasteiger partial charge in [0.2, 0.25) is 0 Å². The lowest BCUT2D eigenvalue weighted by molar-refractivity contribution is 0.0528. The topological polar surface area (TPSA) is 60.7 Å². The second-order valence-electron chi connectivity index (χ2n) is 3.58. The fraction of sp³-hybridized carbons (Fsp3) is 0.250. The van der Waals surface area contributed by atoms with Gasteiger partial charge in [-0.2, -0.15) is 0 Å². The summed E-state index contributed by atoms with van der Waals surface area (Å²) in [6.07, 6.45) is 3.04. The van der Waals surface area contributed by atoms with Crippen LogP contribution in [0.25, 0.3) is 5.65 Å². The van der Waals surface area contributed by atoms with Gasteiger partial charge in [0.25, 0.3) is 5.56 Å². The van der Waals surface area contributed by atoms with Gasteiger partial charge in [-0.1, -0.05) is 0 Å². The van der Waals surface area contributed by atoms with Crippen LogP contribution in [0.1, 0.15) is 22.8 Å². The first-order chi connectivity index (χ1) is 8.15. The highest BCUT2D eigenvalue weighted by molar-refractivity contribution is 5.95. The van der Waals surface area contributed by atoms with Gasteiger partial charge < -0.3 is 4.74 Å². The van der Waals surface area contributed by atoms with E-state index in [1.165, 1.54) is 10.6 Å². The molecule has 0 spiro atoms. The van der Waals surface area contributed by atoms with Crippen molar-refractivity contribution in [3.05, 3.63) is 46.0 Å². The Bertz CT molecular complexity index is 631. The maximum absolute atomic E-state index is 11.8. The van der Waals surface area contributed by atoms with Crippen molar-refractivity contribution in [3.63, 3.8) is 0 Å². The summed E-state index contributed by atoms with van der Waals surface area (Å²) in [5, 5.41) is 0. The van der Waals surface area contributed by atoms with Crippen LogP contribution in [0.4, 0.5) is 0 Å². The Hall–Kier alpha value is -2.17.